The number of hydrogen-bond acceptors (Lipinski definition) is 0. The minimum atomic E-state index is -0.760. The lowest BCUT2D eigenvalue weighted by Crippen LogP contribution is -2.29. The van der Waals surface area contributed by atoms with E-state index in [1.807, 2.05) is 36.4 Å². The van der Waals surface area contributed by atoms with Crippen molar-refractivity contribution in [3.8, 4) is 11.1 Å². The quantitative estimate of drug-likeness (QED) is 0.328. The molecule has 0 saturated heterocycles. The van der Waals surface area contributed by atoms with E-state index in [-0.39, 0.29) is 11.6 Å². The van der Waals surface area contributed by atoms with Crippen LogP contribution in [0.25, 0.3) is 11.1 Å². The number of aryl methyl sites for hydroxylation is 1. The van der Waals surface area contributed by atoms with Crippen LogP contribution in [0.4, 0.5) is 8.78 Å². The molecule has 5 rings (SSSR count). The van der Waals surface area contributed by atoms with E-state index in [1.165, 1.54) is 6.07 Å². The standard InChI is InChI=1S/C26H18F2/c1-17-13-14-19(16-25(17)28)26(18-7-6-8-20(27)15-18)23-11-4-2-9-21(23)22-10-3-5-12-24(22)26/h2-16H,1H3. The summed E-state index contributed by atoms with van der Waals surface area (Å²) in [7, 11) is 0. The van der Waals surface area contributed by atoms with Gasteiger partial charge in [0.1, 0.15) is 11.6 Å². The highest BCUT2D eigenvalue weighted by molar-refractivity contribution is 5.86. The highest BCUT2D eigenvalue weighted by Gasteiger charge is 2.46. The number of rotatable bonds is 2. The molecule has 0 nitrogen and oxygen atoms in total. The Morgan fingerprint density at radius 3 is 1.82 bits per heavy atom. The molecule has 136 valence electrons. The van der Waals surface area contributed by atoms with E-state index in [9.17, 15) is 8.78 Å². The van der Waals surface area contributed by atoms with Gasteiger partial charge in [0.25, 0.3) is 0 Å². The van der Waals surface area contributed by atoms with Crippen LogP contribution in [0.5, 0.6) is 0 Å². The van der Waals surface area contributed by atoms with Gasteiger partial charge in [0.2, 0.25) is 0 Å². The predicted molar refractivity (Wildman–Crippen MR) is 108 cm³/mol. The third kappa shape index (κ3) is 2.21. The van der Waals surface area contributed by atoms with Crippen LogP contribution in [0.15, 0.2) is 91.0 Å². The summed E-state index contributed by atoms with van der Waals surface area (Å²) in [6, 6.07) is 28.3. The first-order chi connectivity index (χ1) is 13.6. The summed E-state index contributed by atoms with van der Waals surface area (Å²) < 4.78 is 29.0. The van der Waals surface area contributed by atoms with Crippen LogP contribution in [0.2, 0.25) is 0 Å². The minimum absolute atomic E-state index is 0.254. The third-order valence-corrected chi connectivity index (χ3v) is 5.81. The molecule has 0 amide bonds. The van der Waals surface area contributed by atoms with Gasteiger partial charge in [-0.25, -0.2) is 8.78 Å². The van der Waals surface area contributed by atoms with Gasteiger partial charge in [0.05, 0.1) is 5.41 Å². The lowest BCUT2D eigenvalue weighted by molar-refractivity contribution is 0.608. The Morgan fingerprint density at radius 2 is 1.21 bits per heavy atom. The van der Waals surface area contributed by atoms with Crippen molar-refractivity contribution >= 4 is 0 Å². The molecule has 1 aliphatic rings. The molecule has 0 fully saturated rings. The molecule has 4 aromatic carbocycles. The van der Waals surface area contributed by atoms with E-state index in [2.05, 4.69) is 24.3 Å². The molecule has 0 aromatic heterocycles. The largest absolute Gasteiger partial charge is 0.207 e. The Labute approximate surface area is 163 Å². The Balaban J connectivity index is 1.97. The van der Waals surface area contributed by atoms with Crippen LogP contribution in [0, 0.1) is 18.6 Å². The molecule has 0 radical (unpaired) electrons. The van der Waals surface area contributed by atoms with E-state index in [1.54, 1.807) is 31.2 Å². The molecule has 0 N–H and O–H groups in total. The average molecular weight is 368 g/mol. The molecule has 0 heterocycles. The van der Waals surface area contributed by atoms with Gasteiger partial charge in [-0.2, -0.15) is 0 Å². The molecule has 0 unspecified atom stereocenters. The number of hydrogen-bond donors (Lipinski definition) is 0. The smallest absolute Gasteiger partial charge is 0.126 e. The number of halogens is 2. The normalized spacial score (nSPS) is 13.8. The number of benzene rings is 4. The van der Waals surface area contributed by atoms with Crippen LogP contribution in [-0.4, -0.2) is 0 Å². The molecule has 0 bridgehead atoms. The van der Waals surface area contributed by atoms with Crippen LogP contribution in [0.1, 0.15) is 27.8 Å². The van der Waals surface area contributed by atoms with Crippen molar-refractivity contribution < 1.29 is 8.78 Å². The lowest BCUT2D eigenvalue weighted by Gasteiger charge is -2.34. The fourth-order valence-electron chi connectivity index (χ4n) is 4.57. The fraction of sp³-hybridized carbons (Fsp3) is 0.0769. The second-order valence-corrected chi connectivity index (χ2v) is 7.32. The van der Waals surface area contributed by atoms with Crippen molar-refractivity contribution in [3.05, 3.63) is 130 Å². The van der Waals surface area contributed by atoms with Gasteiger partial charge in [-0.3, -0.25) is 0 Å². The molecule has 0 saturated carbocycles. The zero-order chi connectivity index (χ0) is 19.3. The summed E-state index contributed by atoms with van der Waals surface area (Å²) in [6.07, 6.45) is 0. The van der Waals surface area contributed by atoms with Crippen molar-refractivity contribution in [3.63, 3.8) is 0 Å². The van der Waals surface area contributed by atoms with Gasteiger partial charge in [0.15, 0.2) is 0 Å². The third-order valence-electron chi connectivity index (χ3n) is 5.81. The summed E-state index contributed by atoms with van der Waals surface area (Å²) in [5.74, 6) is -0.554. The summed E-state index contributed by atoms with van der Waals surface area (Å²) >= 11 is 0. The molecule has 28 heavy (non-hydrogen) atoms. The monoisotopic (exact) mass is 368 g/mol. The van der Waals surface area contributed by atoms with Gasteiger partial charge >= 0.3 is 0 Å². The van der Waals surface area contributed by atoms with Crippen molar-refractivity contribution in [1.29, 1.82) is 0 Å². The zero-order valence-electron chi connectivity index (χ0n) is 15.4. The predicted octanol–water partition coefficient (Wildman–Crippen LogP) is 6.64. The molecule has 0 aliphatic heterocycles. The Morgan fingerprint density at radius 1 is 0.607 bits per heavy atom. The van der Waals surface area contributed by atoms with E-state index in [0.717, 1.165) is 33.4 Å². The van der Waals surface area contributed by atoms with E-state index in [4.69, 9.17) is 0 Å². The van der Waals surface area contributed by atoms with E-state index in [0.29, 0.717) is 5.56 Å². The topological polar surface area (TPSA) is 0 Å². The Bertz CT molecular complexity index is 1160. The molecule has 0 atom stereocenters. The second kappa shape index (κ2) is 6.13. The van der Waals surface area contributed by atoms with E-state index < -0.39 is 5.41 Å². The first-order valence-electron chi connectivity index (χ1n) is 9.34. The fourth-order valence-corrected chi connectivity index (χ4v) is 4.57. The molecule has 1 aliphatic carbocycles. The minimum Gasteiger partial charge on any atom is -0.207 e. The zero-order valence-corrected chi connectivity index (χ0v) is 15.4. The first-order valence-corrected chi connectivity index (χ1v) is 9.34. The highest BCUT2D eigenvalue weighted by atomic mass is 19.1. The summed E-state index contributed by atoms with van der Waals surface area (Å²) in [6.45, 7) is 1.75. The van der Waals surface area contributed by atoms with Gasteiger partial charge in [-0.1, -0.05) is 72.8 Å². The van der Waals surface area contributed by atoms with E-state index >= 15 is 0 Å². The van der Waals surface area contributed by atoms with Crippen LogP contribution < -0.4 is 0 Å². The molecular formula is C26H18F2. The maximum Gasteiger partial charge on any atom is 0.126 e. The van der Waals surface area contributed by atoms with Gasteiger partial charge in [-0.15, -0.1) is 0 Å². The lowest BCUT2D eigenvalue weighted by atomic mass is 9.67. The van der Waals surface area contributed by atoms with Crippen molar-refractivity contribution in [2.24, 2.45) is 0 Å². The second-order valence-electron chi connectivity index (χ2n) is 7.32. The molecule has 2 heteroatoms. The van der Waals surface area contributed by atoms with Crippen molar-refractivity contribution in [2.45, 2.75) is 12.3 Å². The summed E-state index contributed by atoms with van der Waals surface area (Å²) in [4.78, 5) is 0. The van der Waals surface area contributed by atoms with Crippen LogP contribution >= 0.6 is 0 Å². The van der Waals surface area contributed by atoms with Gasteiger partial charge < -0.3 is 0 Å². The molecular weight excluding hydrogens is 350 g/mol. The summed E-state index contributed by atoms with van der Waals surface area (Å²) in [5, 5.41) is 0. The van der Waals surface area contributed by atoms with Crippen LogP contribution in [0.3, 0.4) is 0 Å². The Kier molecular flexibility index (Phi) is 3.70. The van der Waals surface area contributed by atoms with Crippen molar-refractivity contribution in [1.82, 2.24) is 0 Å². The molecule has 0 spiro atoms. The first kappa shape index (κ1) is 16.9. The maximum atomic E-state index is 14.7. The van der Waals surface area contributed by atoms with Crippen LogP contribution in [-0.2, 0) is 5.41 Å². The van der Waals surface area contributed by atoms with Crippen molar-refractivity contribution in [2.75, 3.05) is 0 Å². The SMILES string of the molecule is Cc1ccc(C2(c3cccc(F)c3)c3ccccc3-c3ccccc32)cc1F. The maximum absolute atomic E-state index is 14.7. The Hall–Kier alpha value is -3.26. The number of fused-ring (bicyclic) bond motifs is 3. The van der Waals surface area contributed by atoms with Gasteiger partial charge in [0, 0.05) is 0 Å². The highest BCUT2D eigenvalue weighted by Crippen LogP contribution is 2.56. The van der Waals surface area contributed by atoms with Gasteiger partial charge in [-0.05, 0) is 64.1 Å². The average Bonchev–Trinajstić information content (AvgIpc) is 3.02. The molecule has 4 aromatic rings. The summed E-state index contributed by atoms with van der Waals surface area (Å²) in [5.41, 5.74) is 5.73.